The predicted molar refractivity (Wildman–Crippen MR) is 54.2 cm³/mol. The second kappa shape index (κ2) is 4.08. The molecule has 1 aliphatic carbocycles. The molecule has 0 spiro atoms. The van der Waals surface area contributed by atoms with Crippen molar-refractivity contribution in [1.82, 2.24) is 5.32 Å². The second-order valence-corrected chi connectivity index (χ2v) is 4.34. The van der Waals surface area contributed by atoms with Crippen molar-refractivity contribution in [2.24, 2.45) is 11.8 Å². The van der Waals surface area contributed by atoms with E-state index in [1.54, 1.807) is 0 Å². The molecule has 0 saturated heterocycles. The molecule has 0 radical (unpaired) electrons. The van der Waals surface area contributed by atoms with Gasteiger partial charge in [-0.2, -0.15) is 0 Å². The van der Waals surface area contributed by atoms with Crippen LogP contribution in [0.2, 0.25) is 0 Å². The minimum Gasteiger partial charge on any atom is -0.317 e. The third kappa shape index (κ3) is 2.34. The van der Waals surface area contributed by atoms with Crippen LogP contribution in [0.1, 0.15) is 33.1 Å². The van der Waals surface area contributed by atoms with E-state index in [0.717, 1.165) is 11.8 Å². The van der Waals surface area contributed by atoms with Gasteiger partial charge in [0.1, 0.15) is 0 Å². The molecule has 0 aromatic rings. The summed E-state index contributed by atoms with van der Waals surface area (Å²) in [7, 11) is 2.05. The molecule has 1 saturated carbocycles. The maximum Gasteiger partial charge on any atom is 0.00671 e. The van der Waals surface area contributed by atoms with Gasteiger partial charge in [0.25, 0.3) is 0 Å². The SMILES string of the molecule is C=C1CC(C)CC(C(C)NC)C1. The molecular formula is C11H21N. The van der Waals surface area contributed by atoms with Crippen molar-refractivity contribution in [2.45, 2.75) is 39.2 Å². The molecule has 1 rings (SSSR count). The molecule has 3 unspecified atom stereocenters. The normalized spacial score (nSPS) is 33.4. The lowest BCUT2D eigenvalue weighted by Crippen LogP contribution is -2.33. The summed E-state index contributed by atoms with van der Waals surface area (Å²) in [6, 6.07) is 0.643. The Morgan fingerprint density at radius 1 is 1.50 bits per heavy atom. The Labute approximate surface area is 76.2 Å². The van der Waals surface area contributed by atoms with Crippen molar-refractivity contribution in [3.8, 4) is 0 Å². The molecule has 1 heteroatoms. The van der Waals surface area contributed by atoms with E-state index in [4.69, 9.17) is 0 Å². The summed E-state index contributed by atoms with van der Waals surface area (Å²) in [5.41, 5.74) is 1.45. The Morgan fingerprint density at radius 3 is 2.67 bits per heavy atom. The van der Waals surface area contributed by atoms with Crippen molar-refractivity contribution < 1.29 is 0 Å². The van der Waals surface area contributed by atoms with Crippen LogP contribution < -0.4 is 5.32 Å². The Balaban J connectivity index is 2.49. The Kier molecular flexibility index (Phi) is 3.33. The highest BCUT2D eigenvalue weighted by molar-refractivity contribution is 5.02. The van der Waals surface area contributed by atoms with Gasteiger partial charge in [-0.15, -0.1) is 0 Å². The van der Waals surface area contributed by atoms with E-state index in [1.165, 1.54) is 24.8 Å². The topological polar surface area (TPSA) is 12.0 Å². The van der Waals surface area contributed by atoms with Crippen LogP contribution in [0.4, 0.5) is 0 Å². The van der Waals surface area contributed by atoms with Gasteiger partial charge in [-0.1, -0.05) is 19.1 Å². The van der Waals surface area contributed by atoms with Gasteiger partial charge >= 0.3 is 0 Å². The first kappa shape index (κ1) is 9.79. The van der Waals surface area contributed by atoms with E-state index >= 15 is 0 Å². The van der Waals surface area contributed by atoms with Gasteiger partial charge in [-0.3, -0.25) is 0 Å². The first-order chi connectivity index (χ1) is 5.63. The van der Waals surface area contributed by atoms with Crippen LogP contribution in [-0.2, 0) is 0 Å². The Morgan fingerprint density at radius 2 is 2.17 bits per heavy atom. The fourth-order valence-electron chi connectivity index (χ4n) is 2.25. The third-order valence-corrected chi connectivity index (χ3v) is 3.06. The molecule has 0 aromatic carbocycles. The van der Waals surface area contributed by atoms with Crippen molar-refractivity contribution in [1.29, 1.82) is 0 Å². The number of nitrogens with one attached hydrogen (secondary N) is 1. The van der Waals surface area contributed by atoms with Crippen LogP contribution in [0.3, 0.4) is 0 Å². The van der Waals surface area contributed by atoms with Gasteiger partial charge in [-0.05, 0) is 45.1 Å². The van der Waals surface area contributed by atoms with Crippen LogP contribution in [0.5, 0.6) is 0 Å². The van der Waals surface area contributed by atoms with Crippen LogP contribution in [0.15, 0.2) is 12.2 Å². The first-order valence-corrected chi connectivity index (χ1v) is 4.97. The smallest absolute Gasteiger partial charge is 0.00671 e. The average Bonchev–Trinajstić information content (AvgIpc) is 2.01. The predicted octanol–water partition coefficient (Wildman–Crippen LogP) is 2.59. The van der Waals surface area contributed by atoms with E-state index in [1.807, 2.05) is 7.05 Å². The van der Waals surface area contributed by atoms with E-state index in [-0.39, 0.29) is 0 Å². The lowest BCUT2D eigenvalue weighted by atomic mass is 9.77. The summed E-state index contributed by atoms with van der Waals surface area (Å²) in [5.74, 6) is 1.65. The number of allylic oxidation sites excluding steroid dienone is 1. The zero-order valence-corrected chi connectivity index (χ0v) is 8.56. The van der Waals surface area contributed by atoms with Crippen LogP contribution in [0.25, 0.3) is 0 Å². The van der Waals surface area contributed by atoms with E-state index in [9.17, 15) is 0 Å². The van der Waals surface area contributed by atoms with Crippen molar-refractivity contribution in [3.63, 3.8) is 0 Å². The molecule has 1 fully saturated rings. The standard InChI is InChI=1S/C11H21N/c1-8-5-9(2)7-11(6-8)10(3)12-4/h9-12H,1,5-7H2,2-4H3. The van der Waals surface area contributed by atoms with E-state index in [0.29, 0.717) is 6.04 Å². The van der Waals surface area contributed by atoms with Crippen LogP contribution >= 0.6 is 0 Å². The maximum atomic E-state index is 4.10. The average molecular weight is 167 g/mol. The summed E-state index contributed by atoms with van der Waals surface area (Å²) in [6.07, 6.45) is 3.83. The lowest BCUT2D eigenvalue weighted by Gasteiger charge is -2.32. The Bertz CT molecular complexity index is 162. The number of hydrogen-bond acceptors (Lipinski definition) is 1. The second-order valence-electron chi connectivity index (χ2n) is 4.34. The summed E-state index contributed by atoms with van der Waals surface area (Å²) in [6.45, 7) is 8.71. The first-order valence-electron chi connectivity index (χ1n) is 4.97. The summed E-state index contributed by atoms with van der Waals surface area (Å²) < 4.78 is 0. The zero-order valence-electron chi connectivity index (χ0n) is 8.56. The van der Waals surface area contributed by atoms with Crippen molar-refractivity contribution in [2.75, 3.05) is 7.05 Å². The van der Waals surface area contributed by atoms with Crippen molar-refractivity contribution in [3.05, 3.63) is 12.2 Å². The molecule has 0 heterocycles. The fourth-order valence-corrected chi connectivity index (χ4v) is 2.25. The van der Waals surface area contributed by atoms with Gasteiger partial charge in [0.15, 0.2) is 0 Å². The molecule has 0 aromatic heterocycles. The minimum absolute atomic E-state index is 0.643. The molecule has 70 valence electrons. The van der Waals surface area contributed by atoms with E-state index < -0.39 is 0 Å². The molecule has 1 aliphatic rings. The summed E-state index contributed by atoms with van der Waals surface area (Å²) >= 11 is 0. The molecule has 0 amide bonds. The third-order valence-electron chi connectivity index (χ3n) is 3.06. The van der Waals surface area contributed by atoms with Gasteiger partial charge < -0.3 is 5.32 Å². The summed E-state index contributed by atoms with van der Waals surface area (Å²) in [4.78, 5) is 0. The lowest BCUT2D eigenvalue weighted by molar-refractivity contribution is 0.280. The maximum absolute atomic E-state index is 4.10. The summed E-state index contributed by atoms with van der Waals surface area (Å²) in [5, 5.41) is 3.33. The van der Waals surface area contributed by atoms with Gasteiger partial charge in [0, 0.05) is 6.04 Å². The number of rotatable bonds is 2. The van der Waals surface area contributed by atoms with Crippen LogP contribution in [-0.4, -0.2) is 13.1 Å². The highest BCUT2D eigenvalue weighted by atomic mass is 14.9. The Hall–Kier alpha value is -0.300. The monoisotopic (exact) mass is 167 g/mol. The fraction of sp³-hybridized carbons (Fsp3) is 0.818. The molecule has 1 N–H and O–H groups in total. The minimum atomic E-state index is 0.643. The molecule has 0 bridgehead atoms. The van der Waals surface area contributed by atoms with Gasteiger partial charge in [-0.25, -0.2) is 0 Å². The number of hydrogen-bond donors (Lipinski definition) is 1. The van der Waals surface area contributed by atoms with E-state index in [2.05, 4.69) is 25.7 Å². The molecule has 3 atom stereocenters. The highest BCUT2D eigenvalue weighted by Crippen LogP contribution is 2.33. The molecule has 12 heavy (non-hydrogen) atoms. The molecular weight excluding hydrogens is 146 g/mol. The molecule has 0 aliphatic heterocycles. The van der Waals surface area contributed by atoms with Gasteiger partial charge in [0.2, 0.25) is 0 Å². The highest BCUT2D eigenvalue weighted by Gasteiger charge is 2.24. The van der Waals surface area contributed by atoms with Crippen LogP contribution in [0, 0.1) is 11.8 Å². The zero-order chi connectivity index (χ0) is 9.14. The van der Waals surface area contributed by atoms with Gasteiger partial charge in [0.05, 0.1) is 0 Å². The quantitative estimate of drug-likeness (QED) is 0.623. The molecule has 1 nitrogen and oxygen atoms in total. The largest absolute Gasteiger partial charge is 0.317 e. The van der Waals surface area contributed by atoms with Crippen molar-refractivity contribution >= 4 is 0 Å².